The average molecular weight is 577 g/mol. The minimum Gasteiger partial charge on any atom is -0.444 e. The molecule has 12 nitrogen and oxygen atoms in total. The van der Waals surface area contributed by atoms with Crippen molar-refractivity contribution in [1.82, 2.24) is 15.3 Å². The standard InChI is InChI=1S/C30H40N8O4/c1-30(2,3)42-29(41)33-19-20-8-10-21(11-9-20)34-25-24(26(39)27(25)40)32-13-12-31-22-18-23(37-14-4-5-15-37)36-28(35-22)38-16-6-7-17-38/h8-11,18,32,34H,4-7,12-17,19H2,1-3H3,(H,33,41)(H,31,35,36). The van der Waals surface area contributed by atoms with Gasteiger partial charge in [0.1, 0.15) is 28.6 Å². The van der Waals surface area contributed by atoms with Gasteiger partial charge < -0.3 is 35.8 Å². The van der Waals surface area contributed by atoms with Gasteiger partial charge in [-0.25, -0.2) is 4.79 Å². The molecular formula is C30H40N8O4. The summed E-state index contributed by atoms with van der Waals surface area (Å²) in [6, 6.07) is 9.23. The third-order valence-electron chi connectivity index (χ3n) is 7.22. The maximum Gasteiger partial charge on any atom is 0.407 e. The van der Waals surface area contributed by atoms with Gasteiger partial charge in [0.2, 0.25) is 5.95 Å². The van der Waals surface area contributed by atoms with Gasteiger partial charge in [-0.15, -0.1) is 0 Å². The second kappa shape index (κ2) is 12.7. The summed E-state index contributed by atoms with van der Waals surface area (Å²) in [5.41, 5.74) is 0.391. The average Bonchev–Trinajstić information content (AvgIpc) is 3.70. The first-order chi connectivity index (χ1) is 20.2. The Labute approximate surface area is 245 Å². The van der Waals surface area contributed by atoms with Crippen LogP contribution in [-0.2, 0) is 11.3 Å². The van der Waals surface area contributed by atoms with E-state index >= 15 is 0 Å². The molecule has 0 atom stereocenters. The molecule has 1 amide bonds. The van der Waals surface area contributed by atoms with Gasteiger partial charge in [-0.3, -0.25) is 9.59 Å². The second-order valence-corrected chi connectivity index (χ2v) is 11.7. The highest BCUT2D eigenvalue weighted by Crippen LogP contribution is 2.26. The van der Waals surface area contributed by atoms with E-state index in [-0.39, 0.29) is 11.4 Å². The number of hydrogen-bond donors (Lipinski definition) is 4. The molecule has 4 N–H and O–H groups in total. The zero-order chi connectivity index (χ0) is 29.7. The van der Waals surface area contributed by atoms with E-state index in [1.165, 1.54) is 12.8 Å². The Morgan fingerprint density at radius 3 is 2.14 bits per heavy atom. The molecule has 2 aliphatic rings. The van der Waals surface area contributed by atoms with Crippen molar-refractivity contribution in [2.45, 2.75) is 58.6 Å². The number of carbonyl (C=O) groups excluding carboxylic acids is 1. The highest BCUT2D eigenvalue weighted by atomic mass is 16.6. The van der Waals surface area contributed by atoms with Crippen LogP contribution in [0.25, 0.3) is 0 Å². The quantitative estimate of drug-likeness (QED) is 0.197. The molecule has 0 radical (unpaired) electrons. The number of rotatable bonds is 11. The Kier molecular flexibility index (Phi) is 8.79. The van der Waals surface area contributed by atoms with Crippen LogP contribution in [0.15, 0.2) is 39.9 Å². The molecule has 2 aliphatic heterocycles. The van der Waals surface area contributed by atoms with Gasteiger partial charge >= 0.3 is 6.09 Å². The number of nitrogens with one attached hydrogen (secondary N) is 4. The third kappa shape index (κ3) is 7.29. The lowest BCUT2D eigenvalue weighted by molar-refractivity contribution is 0.0523. The lowest BCUT2D eigenvalue weighted by atomic mass is 10.1. The molecule has 0 saturated carbocycles. The van der Waals surface area contributed by atoms with E-state index < -0.39 is 22.6 Å². The van der Waals surface area contributed by atoms with Crippen LogP contribution >= 0.6 is 0 Å². The highest BCUT2D eigenvalue weighted by molar-refractivity contribution is 5.78. The number of benzene rings is 1. The SMILES string of the molecule is CC(C)(C)OC(=O)NCc1ccc(Nc2c(NCCNc3cc(N4CCCC4)nc(N4CCCC4)n3)c(=O)c2=O)cc1. The highest BCUT2D eigenvalue weighted by Gasteiger charge is 2.22. The minimum absolute atomic E-state index is 0.245. The summed E-state index contributed by atoms with van der Waals surface area (Å²) in [5.74, 6) is 2.45. The van der Waals surface area contributed by atoms with Crippen LogP contribution in [0.2, 0.25) is 0 Å². The van der Waals surface area contributed by atoms with E-state index in [9.17, 15) is 14.4 Å². The Balaban J connectivity index is 1.14. The molecule has 1 aromatic heterocycles. The lowest BCUT2D eigenvalue weighted by Gasteiger charge is -2.22. The minimum atomic E-state index is -0.566. The first-order valence-corrected chi connectivity index (χ1v) is 14.7. The number of aromatic nitrogens is 2. The Morgan fingerprint density at radius 2 is 1.48 bits per heavy atom. The number of carbonyl (C=O) groups is 1. The van der Waals surface area contributed by atoms with E-state index in [2.05, 4.69) is 31.1 Å². The first kappa shape index (κ1) is 29.2. The van der Waals surface area contributed by atoms with E-state index in [4.69, 9.17) is 14.7 Å². The lowest BCUT2D eigenvalue weighted by Crippen LogP contribution is -2.37. The van der Waals surface area contributed by atoms with Crippen molar-refractivity contribution >= 4 is 40.7 Å². The zero-order valence-electron chi connectivity index (χ0n) is 24.6. The molecule has 12 heteroatoms. The number of hydrogen-bond acceptors (Lipinski definition) is 11. The Morgan fingerprint density at radius 1 is 0.857 bits per heavy atom. The Bertz CT molecular complexity index is 1410. The Hall–Kier alpha value is -4.35. The fraction of sp³-hybridized carbons (Fsp3) is 0.500. The summed E-state index contributed by atoms with van der Waals surface area (Å²) < 4.78 is 5.25. The third-order valence-corrected chi connectivity index (χ3v) is 7.22. The van der Waals surface area contributed by atoms with Crippen LogP contribution in [0.4, 0.5) is 39.4 Å². The van der Waals surface area contributed by atoms with E-state index in [0.717, 1.165) is 62.2 Å². The van der Waals surface area contributed by atoms with Crippen molar-refractivity contribution in [2.24, 2.45) is 0 Å². The van der Waals surface area contributed by atoms with Gasteiger partial charge in [-0.2, -0.15) is 9.97 Å². The molecule has 5 rings (SSSR count). The zero-order valence-corrected chi connectivity index (χ0v) is 24.6. The summed E-state index contributed by atoms with van der Waals surface area (Å²) in [6.07, 6.45) is 4.15. The normalized spacial score (nSPS) is 15.2. The van der Waals surface area contributed by atoms with Crippen molar-refractivity contribution < 1.29 is 9.53 Å². The van der Waals surface area contributed by atoms with Crippen molar-refractivity contribution in [3.8, 4) is 0 Å². The summed E-state index contributed by atoms with van der Waals surface area (Å²) in [5, 5.41) is 12.2. The van der Waals surface area contributed by atoms with Crippen LogP contribution in [0, 0.1) is 0 Å². The topological polar surface area (TPSA) is 141 Å². The van der Waals surface area contributed by atoms with E-state index in [1.54, 1.807) is 12.1 Å². The molecule has 224 valence electrons. The van der Waals surface area contributed by atoms with Crippen LogP contribution in [0.3, 0.4) is 0 Å². The number of anilines is 6. The van der Waals surface area contributed by atoms with Gasteiger partial charge in [-0.1, -0.05) is 12.1 Å². The number of alkyl carbamates (subject to hydrolysis) is 1. The van der Waals surface area contributed by atoms with Gasteiger partial charge in [-0.05, 0) is 64.2 Å². The van der Waals surface area contributed by atoms with Crippen molar-refractivity contribution in [3.05, 3.63) is 56.3 Å². The first-order valence-electron chi connectivity index (χ1n) is 14.7. The molecule has 3 heterocycles. The van der Waals surface area contributed by atoms with Crippen molar-refractivity contribution in [1.29, 1.82) is 0 Å². The van der Waals surface area contributed by atoms with E-state index in [0.29, 0.717) is 25.3 Å². The van der Waals surface area contributed by atoms with Crippen LogP contribution in [0.1, 0.15) is 52.0 Å². The maximum absolute atomic E-state index is 12.3. The monoisotopic (exact) mass is 576 g/mol. The van der Waals surface area contributed by atoms with Crippen LogP contribution in [-0.4, -0.2) is 60.9 Å². The second-order valence-electron chi connectivity index (χ2n) is 11.7. The molecule has 2 aromatic carbocycles. The van der Waals surface area contributed by atoms with Crippen molar-refractivity contribution in [2.75, 3.05) is 65.0 Å². The predicted octanol–water partition coefficient (Wildman–Crippen LogP) is 3.57. The van der Waals surface area contributed by atoms with Crippen molar-refractivity contribution in [3.63, 3.8) is 0 Å². The molecule has 2 fully saturated rings. The van der Waals surface area contributed by atoms with Crippen LogP contribution < -0.4 is 41.9 Å². The number of nitrogens with zero attached hydrogens (tertiary/aromatic N) is 4. The van der Waals surface area contributed by atoms with Crippen LogP contribution in [0.5, 0.6) is 0 Å². The van der Waals surface area contributed by atoms with Gasteiger partial charge in [0.15, 0.2) is 0 Å². The number of ether oxygens (including phenoxy) is 1. The predicted molar refractivity (Wildman–Crippen MR) is 166 cm³/mol. The molecule has 3 aromatic rings. The molecule has 0 aliphatic carbocycles. The maximum atomic E-state index is 12.3. The summed E-state index contributed by atoms with van der Waals surface area (Å²) in [7, 11) is 0. The number of amides is 1. The largest absolute Gasteiger partial charge is 0.444 e. The summed E-state index contributed by atoms with van der Waals surface area (Å²) in [6.45, 7) is 10.6. The van der Waals surface area contributed by atoms with E-state index in [1.807, 2.05) is 39.0 Å². The molecular weight excluding hydrogens is 536 g/mol. The fourth-order valence-corrected chi connectivity index (χ4v) is 5.08. The molecule has 2 saturated heterocycles. The smallest absolute Gasteiger partial charge is 0.407 e. The molecule has 0 unspecified atom stereocenters. The van der Waals surface area contributed by atoms with Gasteiger partial charge in [0.05, 0.1) is 0 Å². The summed E-state index contributed by atoms with van der Waals surface area (Å²) in [4.78, 5) is 50.6. The summed E-state index contributed by atoms with van der Waals surface area (Å²) >= 11 is 0. The molecule has 0 bridgehead atoms. The van der Waals surface area contributed by atoms with Gasteiger partial charge in [0, 0.05) is 57.6 Å². The van der Waals surface area contributed by atoms with Gasteiger partial charge in [0.25, 0.3) is 10.9 Å². The fourth-order valence-electron chi connectivity index (χ4n) is 5.08. The molecule has 42 heavy (non-hydrogen) atoms. The molecule has 0 spiro atoms.